The van der Waals surface area contributed by atoms with E-state index < -0.39 is 11.2 Å². The predicted octanol–water partition coefficient (Wildman–Crippen LogP) is -1.73. The summed E-state index contributed by atoms with van der Waals surface area (Å²) in [6.07, 6.45) is 3.67. The number of carbonyl (C=O) groups excluding carboxylic acids is 1. The molecule has 0 aliphatic heterocycles. The second-order valence-electron chi connectivity index (χ2n) is 7.26. The van der Waals surface area contributed by atoms with Gasteiger partial charge in [0.15, 0.2) is 18.1 Å². The van der Waals surface area contributed by atoms with E-state index in [1.165, 1.54) is 16.5 Å². The Morgan fingerprint density at radius 1 is 1.03 bits per heavy atom. The molecule has 4 rings (SSSR count). The number of aromatic amines is 1. The largest absolute Gasteiger partial charge is 1.00 e. The number of anilines is 2. The summed E-state index contributed by atoms with van der Waals surface area (Å²) < 4.78 is 2.99. The first-order chi connectivity index (χ1) is 14.9. The van der Waals surface area contributed by atoms with Gasteiger partial charge in [-0.15, -0.1) is 0 Å². The summed E-state index contributed by atoms with van der Waals surface area (Å²) in [6, 6.07) is 19.0. The molecule has 0 aliphatic carbocycles. The first-order valence-corrected chi connectivity index (χ1v) is 9.75. The minimum atomic E-state index is -0.703. The van der Waals surface area contributed by atoms with Crippen LogP contribution in [-0.4, -0.2) is 22.5 Å². The number of benzene rings is 2. The van der Waals surface area contributed by atoms with Crippen molar-refractivity contribution in [3.05, 3.63) is 99.5 Å². The molecule has 1 amide bonds. The fraction of sp³-hybridized carbons (Fsp3) is 0.130. The quantitative estimate of drug-likeness (QED) is 0.352. The molecule has 0 aliphatic rings. The van der Waals surface area contributed by atoms with Gasteiger partial charge in [0, 0.05) is 18.5 Å². The number of amides is 1. The summed E-state index contributed by atoms with van der Waals surface area (Å²) in [5.74, 6) is -0.403. The van der Waals surface area contributed by atoms with Gasteiger partial charge in [-0.3, -0.25) is 19.1 Å². The minimum absolute atomic E-state index is 0. The Balaban J connectivity index is 0.00000289. The summed E-state index contributed by atoms with van der Waals surface area (Å²) >= 11 is 0. The third-order valence-corrected chi connectivity index (χ3v) is 5.17. The lowest BCUT2D eigenvalue weighted by molar-refractivity contribution is -0.682. The number of halogens is 1. The van der Waals surface area contributed by atoms with Gasteiger partial charge in [0.2, 0.25) is 6.54 Å². The molecular formula is C23H22ClN5O3. The number of hydrogen-bond acceptors (Lipinski definition) is 4. The van der Waals surface area contributed by atoms with Gasteiger partial charge in [-0.2, -0.15) is 4.57 Å². The highest BCUT2D eigenvalue weighted by Crippen LogP contribution is 2.16. The van der Waals surface area contributed by atoms with Gasteiger partial charge < -0.3 is 23.0 Å². The number of H-pyrrole nitrogens is 1. The summed E-state index contributed by atoms with van der Waals surface area (Å²) in [5, 5.41) is 2.06. The zero-order chi connectivity index (χ0) is 22.0. The SMILES string of the molecule is CN(C(=O)C[n+]1ccc2ccccc2c1)c1c(N)n(Cc2ccccc2)c(=O)[nH]c1=O.[Cl-]. The van der Waals surface area contributed by atoms with E-state index in [1.807, 2.05) is 66.9 Å². The van der Waals surface area contributed by atoms with E-state index in [1.54, 1.807) is 10.8 Å². The molecule has 4 aromatic rings. The third-order valence-electron chi connectivity index (χ3n) is 5.17. The second-order valence-corrected chi connectivity index (χ2v) is 7.26. The Bertz CT molecular complexity index is 1380. The van der Waals surface area contributed by atoms with Crippen molar-refractivity contribution in [1.82, 2.24) is 9.55 Å². The number of aromatic nitrogens is 3. The van der Waals surface area contributed by atoms with Gasteiger partial charge in [-0.1, -0.05) is 48.5 Å². The molecule has 9 heteroatoms. The number of hydrogen-bond donors (Lipinski definition) is 2. The summed E-state index contributed by atoms with van der Waals surface area (Å²) in [7, 11) is 1.47. The summed E-state index contributed by atoms with van der Waals surface area (Å²) in [6.45, 7) is 0.189. The molecule has 32 heavy (non-hydrogen) atoms. The molecule has 0 saturated heterocycles. The van der Waals surface area contributed by atoms with Gasteiger partial charge in [-0.05, 0) is 17.0 Å². The molecule has 8 nitrogen and oxygen atoms in total. The average molecular weight is 452 g/mol. The Morgan fingerprint density at radius 3 is 2.41 bits per heavy atom. The molecule has 0 spiro atoms. The molecule has 3 N–H and O–H groups in total. The number of nitrogens with two attached hydrogens (primary N) is 1. The van der Waals surface area contributed by atoms with Gasteiger partial charge >= 0.3 is 5.69 Å². The highest BCUT2D eigenvalue weighted by atomic mass is 35.5. The van der Waals surface area contributed by atoms with Crippen molar-refractivity contribution in [3.8, 4) is 0 Å². The molecule has 0 atom stereocenters. The number of carbonyl (C=O) groups is 1. The standard InChI is InChI=1S/C23H21N5O3.ClH/c1-26(19(29)15-27-12-11-17-9-5-6-10-18(17)14-27)20-21(24)28(23(31)25-22(20)30)13-16-7-3-2-4-8-16;/h2-12,14H,13,15H2,1H3,(H2-,24,25,30,31);1H. The van der Waals surface area contributed by atoms with E-state index in [4.69, 9.17) is 5.73 Å². The molecular weight excluding hydrogens is 430 g/mol. The Morgan fingerprint density at radius 2 is 1.69 bits per heavy atom. The molecule has 2 heterocycles. The molecule has 0 radical (unpaired) electrons. The zero-order valence-electron chi connectivity index (χ0n) is 17.4. The number of rotatable bonds is 5. The van der Waals surface area contributed by atoms with Crippen molar-refractivity contribution in [3.63, 3.8) is 0 Å². The first-order valence-electron chi connectivity index (χ1n) is 9.75. The Hall–Kier alpha value is -3.91. The van der Waals surface area contributed by atoms with E-state index >= 15 is 0 Å². The average Bonchev–Trinajstić information content (AvgIpc) is 2.77. The van der Waals surface area contributed by atoms with Crippen molar-refractivity contribution in [2.24, 2.45) is 0 Å². The molecule has 2 aromatic carbocycles. The Kier molecular flexibility index (Phi) is 6.75. The van der Waals surface area contributed by atoms with Crippen molar-refractivity contribution >= 4 is 28.2 Å². The highest BCUT2D eigenvalue weighted by molar-refractivity contribution is 5.94. The molecule has 164 valence electrons. The fourth-order valence-corrected chi connectivity index (χ4v) is 3.49. The maximum atomic E-state index is 12.9. The monoisotopic (exact) mass is 451 g/mol. The van der Waals surface area contributed by atoms with Crippen molar-refractivity contribution < 1.29 is 21.8 Å². The van der Waals surface area contributed by atoms with Crippen LogP contribution in [0.4, 0.5) is 11.5 Å². The molecule has 2 aromatic heterocycles. The second kappa shape index (κ2) is 9.49. The Labute approximate surface area is 190 Å². The number of likely N-dealkylation sites (N-methyl/N-ethyl adjacent to an activating group) is 1. The number of pyridine rings is 1. The van der Waals surface area contributed by atoms with Gasteiger partial charge in [0.25, 0.3) is 11.5 Å². The van der Waals surface area contributed by atoms with Crippen LogP contribution >= 0.6 is 0 Å². The summed E-state index contributed by atoms with van der Waals surface area (Å²) in [5.41, 5.74) is 5.64. The van der Waals surface area contributed by atoms with Crippen molar-refractivity contribution in [2.75, 3.05) is 17.7 Å². The van der Waals surface area contributed by atoms with Gasteiger partial charge in [0.1, 0.15) is 5.82 Å². The smallest absolute Gasteiger partial charge is 0.330 e. The zero-order valence-corrected chi connectivity index (χ0v) is 18.1. The minimum Gasteiger partial charge on any atom is -1.00 e. The number of fused-ring (bicyclic) bond motifs is 1. The van der Waals surface area contributed by atoms with Crippen LogP contribution in [0.2, 0.25) is 0 Å². The number of nitrogen functional groups attached to an aromatic ring is 1. The van der Waals surface area contributed by atoms with Crippen LogP contribution in [-0.2, 0) is 17.9 Å². The molecule has 0 fully saturated rings. The maximum absolute atomic E-state index is 12.9. The fourth-order valence-electron chi connectivity index (χ4n) is 3.49. The van der Waals surface area contributed by atoms with E-state index in [-0.39, 0.29) is 42.9 Å². The van der Waals surface area contributed by atoms with E-state index in [0.29, 0.717) is 0 Å². The van der Waals surface area contributed by atoms with Crippen LogP contribution < -0.4 is 38.9 Å². The maximum Gasteiger partial charge on any atom is 0.330 e. The van der Waals surface area contributed by atoms with Crippen LogP contribution in [0.5, 0.6) is 0 Å². The van der Waals surface area contributed by atoms with E-state index in [2.05, 4.69) is 4.98 Å². The molecule has 0 unspecified atom stereocenters. The van der Waals surface area contributed by atoms with Gasteiger partial charge in [0.05, 0.1) is 6.54 Å². The normalized spacial score (nSPS) is 10.5. The van der Waals surface area contributed by atoms with Crippen LogP contribution in [0.25, 0.3) is 10.8 Å². The lowest BCUT2D eigenvalue weighted by Gasteiger charge is -2.19. The van der Waals surface area contributed by atoms with Crippen LogP contribution in [0.15, 0.2) is 82.6 Å². The number of nitrogens with one attached hydrogen (secondary N) is 1. The lowest BCUT2D eigenvalue weighted by Crippen LogP contribution is -3.00. The number of nitrogens with zero attached hydrogens (tertiary/aromatic N) is 3. The van der Waals surface area contributed by atoms with Crippen molar-refractivity contribution in [2.45, 2.75) is 13.1 Å². The third kappa shape index (κ3) is 4.55. The highest BCUT2D eigenvalue weighted by Gasteiger charge is 2.23. The van der Waals surface area contributed by atoms with Crippen molar-refractivity contribution in [1.29, 1.82) is 0 Å². The summed E-state index contributed by atoms with van der Waals surface area (Å²) in [4.78, 5) is 41.2. The van der Waals surface area contributed by atoms with E-state index in [9.17, 15) is 14.4 Å². The van der Waals surface area contributed by atoms with Gasteiger partial charge in [-0.25, -0.2) is 4.79 Å². The topological polar surface area (TPSA) is 105 Å². The molecule has 0 saturated carbocycles. The predicted molar refractivity (Wildman–Crippen MR) is 119 cm³/mol. The molecule has 0 bridgehead atoms. The lowest BCUT2D eigenvalue weighted by atomic mass is 10.2. The van der Waals surface area contributed by atoms with Crippen LogP contribution in [0.1, 0.15) is 5.56 Å². The van der Waals surface area contributed by atoms with Crippen LogP contribution in [0.3, 0.4) is 0 Å². The first kappa shape index (κ1) is 22.8. The van der Waals surface area contributed by atoms with Crippen LogP contribution in [0, 0.1) is 0 Å². The van der Waals surface area contributed by atoms with E-state index in [0.717, 1.165) is 16.3 Å².